The summed E-state index contributed by atoms with van der Waals surface area (Å²) in [6.45, 7) is 1.01. The van der Waals surface area contributed by atoms with E-state index in [0.717, 1.165) is 24.3 Å². The van der Waals surface area contributed by atoms with Gasteiger partial charge in [-0.2, -0.15) is 0 Å². The highest BCUT2D eigenvalue weighted by molar-refractivity contribution is 6.02. The van der Waals surface area contributed by atoms with Crippen LogP contribution in [0.15, 0.2) is 54.6 Å². The molecule has 0 amide bonds. The fourth-order valence-electron chi connectivity index (χ4n) is 6.90. The summed E-state index contributed by atoms with van der Waals surface area (Å²) in [4.78, 5) is 0. The number of hydrogen-bond acceptors (Lipinski definition) is 1. The maximum absolute atomic E-state index is 4.13. The zero-order valence-electron chi connectivity index (χ0n) is 15.4. The molecule has 0 saturated heterocycles. The second-order valence-corrected chi connectivity index (χ2v) is 9.35. The second kappa shape index (κ2) is 5.57. The minimum atomic E-state index is 0.423. The van der Waals surface area contributed by atoms with Crippen LogP contribution in [0.2, 0.25) is 0 Å². The fourth-order valence-corrected chi connectivity index (χ4v) is 6.90. The van der Waals surface area contributed by atoms with Crippen molar-refractivity contribution in [1.82, 2.24) is 5.32 Å². The molecule has 1 heteroatoms. The molecule has 4 fully saturated rings. The van der Waals surface area contributed by atoms with Crippen molar-refractivity contribution in [3.8, 4) is 0 Å². The van der Waals surface area contributed by atoms with Crippen LogP contribution < -0.4 is 5.32 Å². The van der Waals surface area contributed by atoms with Crippen molar-refractivity contribution in [2.24, 2.45) is 17.8 Å². The van der Waals surface area contributed by atoms with E-state index in [0.29, 0.717) is 5.54 Å². The Morgan fingerprint density at radius 1 is 0.731 bits per heavy atom. The van der Waals surface area contributed by atoms with Gasteiger partial charge < -0.3 is 5.32 Å². The first-order chi connectivity index (χ1) is 12.8. The molecule has 132 valence electrons. The Kier molecular flexibility index (Phi) is 3.26. The first-order valence-corrected chi connectivity index (χ1v) is 10.4. The largest absolute Gasteiger partial charge is 0.307 e. The zero-order valence-corrected chi connectivity index (χ0v) is 15.4. The molecule has 1 N–H and O–H groups in total. The molecule has 0 aromatic heterocycles. The molecule has 0 heterocycles. The van der Waals surface area contributed by atoms with Crippen molar-refractivity contribution in [1.29, 1.82) is 0 Å². The van der Waals surface area contributed by atoms with Gasteiger partial charge in [0.25, 0.3) is 0 Å². The number of nitrogens with one attached hydrogen (secondary N) is 1. The highest BCUT2D eigenvalue weighted by Gasteiger charge is 2.50. The van der Waals surface area contributed by atoms with E-state index >= 15 is 0 Å². The first kappa shape index (κ1) is 15.2. The summed E-state index contributed by atoms with van der Waals surface area (Å²) >= 11 is 0. The summed E-state index contributed by atoms with van der Waals surface area (Å²) in [7, 11) is 0. The summed E-state index contributed by atoms with van der Waals surface area (Å²) in [5.74, 6) is 2.99. The molecule has 3 aromatic carbocycles. The van der Waals surface area contributed by atoms with E-state index < -0.39 is 0 Å². The van der Waals surface area contributed by atoms with Crippen LogP contribution in [0.1, 0.15) is 44.1 Å². The lowest BCUT2D eigenvalue weighted by atomic mass is 9.53. The smallest absolute Gasteiger partial charge is 0.0223 e. The van der Waals surface area contributed by atoms with Crippen LogP contribution in [0.25, 0.3) is 21.5 Å². The van der Waals surface area contributed by atoms with E-state index in [1.165, 1.54) is 65.6 Å². The van der Waals surface area contributed by atoms with Crippen molar-refractivity contribution >= 4 is 21.5 Å². The molecule has 0 atom stereocenters. The van der Waals surface area contributed by atoms with Crippen LogP contribution in [0.3, 0.4) is 0 Å². The van der Waals surface area contributed by atoms with Crippen molar-refractivity contribution in [2.45, 2.75) is 50.6 Å². The van der Waals surface area contributed by atoms with Crippen LogP contribution in [0, 0.1) is 17.8 Å². The Balaban J connectivity index is 1.40. The van der Waals surface area contributed by atoms with Gasteiger partial charge in [0.05, 0.1) is 0 Å². The Hall–Kier alpha value is -1.86. The molecule has 4 aliphatic carbocycles. The summed E-state index contributed by atoms with van der Waals surface area (Å²) in [5.41, 5.74) is 1.92. The number of fused-ring (bicyclic) bond motifs is 2. The Labute approximate surface area is 155 Å². The maximum Gasteiger partial charge on any atom is 0.0223 e. The second-order valence-electron chi connectivity index (χ2n) is 9.35. The van der Waals surface area contributed by atoms with Gasteiger partial charge in [-0.25, -0.2) is 0 Å². The van der Waals surface area contributed by atoms with Gasteiger partial charge in [0.15, 0.2) is 0 Å². The average Bonchev–Trinajstić information content (AvgIpc) is 2.64. The quantitative estimate of drug-likeness (QED) is 0.572. The van der Waals surface area contributed by atoms with E-state index in [4.69, 9.17) is 0 Å². The van der Waals surface area contributed by atoms with Crippen LogP contribution in [-0.2, 0) is 6.54 Å². The van der Waals surface area contributed by atoms with E-state index in [2.05, 4.69) is 59.9 Å². The van der Waals surface area contributed by atoms with Crippen molar-refractivity contribution in [3.05, 3.63) is 60.2 Å². The molecule has 4 bridgehead atoms. The third-order valence-corrected chi connectivity index (χ3v) is 7.56. The van der Waals surface area contributed by atoms with E-state index in [-0.39, 0.29) is 0 Å². The Bertz CT molecular complexity index is 896. The molecule has 0 spiro atoms. The van der Waals surface area contributed by atoms with Crippen LogP contribution in [-0.4, -0.2) is 5.54 Å². The van der Waals surface area contributed by atoms with E-state index in [1.54, 1.807) is 0 Å². The Morgan fingerprint density at radius 2 is 1.23 bits per heavy atom. The van der Waals surface area contributed by atoms with Gasteiger partial charge in [0, 0.05) is 12.1 Å². The zero-order chi connectivity index (χ0) is 17.1. The van der Waals surface area contributed by atoms with Crippen molar-refractivity contribution in [2.75, 3.05) is 0 Å². The topological polar surface area (TPSA) is 12.0 Å². The lowest BCUT2D eigenvalue weighted by Crippen LogP contribution is -2.58. The summed E-state index contributed by atoms with van der Waals surface area (Å²) in [6, 6.07) is 20.2. The SMILES string of the molecule is c1ccc2c(CNC34CC5CC(CC(C5)C3)C4)c3ccccc3cc2c1. The molecule has 4 aliphatic rings. The number of rotatable bonds is 3. The molecule has 0 aliphatic heterocycles. The molecule has 7 rings (SSSR count). The van der Waals surface area contributed by atoms with E-state index in [9.17, 15) is 0 Å². The van der Waals surface area contributed by atoms with Crippen LogP contribution in [0.5, 0.6) is 0 Å². The molecule has 0 radical (unpaired) electrons. The minimum Gasteiger partial charge on any atom is -0.307 e. The fraction of sp³-hybridized carbons (Fsp3) is 0.440. The summed E-state index contributed by atoms with van der Waals surface area (Å²) in [6.07, 6.45) is 8.79. The van der Waals surface area contributed by atoms with Gasteiger partial charge in [-0.15, -0.1) is 0 Å². The van der Waals surface area contributed by atoms with Gasteiger partial charge >= 0.3 is 0 Å². The molecular weight excluding hydrogens is 314 g/mol. The minimum absolute atomic E-state index is 0.423. The first-order valence-electron chi connectivity index (χ1n) is 10.4. The molecule has 26 heavy (non-hydrogen) atoms. The summed E-state index contributed by atoms with van der Waals surface area (Å²) < 4.78 is 0. The van der Waals surface area contributed by atoms with E-state index in [1.807, 2.05) is 0 Å². The van der Waals surface area contributed by atoms with Gasteiger partial charge in [-0.1, -0.05) is 48.5 Å². The standard InChI is InChI=1S/C25H27N/c1-3-7-22-20(5-1)12-21-6-2-4-8-23(21)24(22)16-26-25-13-17-9-18(14-25)11-19(10-17)15-25/h1-8,12,17-19,26H,9-11,13-16H2. The Morgan fingerprint density at radius 3 is 1.77 bits per heavy atom. The number of hydrogen-bond donors (Lipinski definition) is 1. The van der Waals surface area contributed by atoms with Gasteiger partial charge in [-0.05, 0) is 89.5 Å². The highest BCUT2D eigenvalue weighted by Crippen LogP contribution is 2.55. The average molecular weight is 341 g/mol. The van der Waals surface area contributed by atoms with Gasteiger partial charge in [0.1, 0.15) is 0 Å². The predicted octanol–water partition coefficient (Wildman–Crippen LogP) is 6.05. The monoisotopic (exact) mass is 341 g/mol. The lowest BCUT2D eigenvalue weighted by Gasteiger charge is -2.57. The number of benzene rings is 3. The third kappa shape index (κ3) is 2.33. The van der Waals surface area contributed by atoms with Crippen molar-refractivity contribution < 1.29 is 0 Å². The summed E-state index contributed by atoms with van der Waals surface area (Å²) in [5, 5.41) is 9.71. The van der Waals surface area contributed by atoms with Crippen molar-refractivity contribution in [3.63, 3.8) is 0 Å². The molecule has 4 saturated carbocycles. The molecule has 3 aromatic rings. The normalized spacial score (nSPS) is 32.5. The molecule has 0 unspecified atom stereocenters. The van der Waals surface area contributed by atoms with Crippen LogP contribution >= 0.6 is 0 Å². The highest BCUT2D eigenvalue weighted by atomic mass is 15.0. The lowest BCUT2D eigenvalue weighted by molar-refractivity contribution is -0.0205. The van der Waals surface area contributed by atoms with Gasteiger partial charge in [-0.3, -0.25) is 0 Å². The van der Waals surface area contributed by atoms with Crippen LogP contribution in [0.4, 0.5) is 0 Å². The molecular formula is C25H27N. The predicted molar refractivity (Wildman–Crippen MR) is 109 cm³/mol. The van der Waals surface area contributed by atoms with Gasteiger partial charge in [0.2, 0.25) is 0 Å². The maximum atomic E-state index is 4.13. The third-order valence-electron chi connectivity index (χ3n) is 7.56. The molecule has 1 nitrogen and oxygen atoms in total.